The number of phenols is 1. The van der Waals surface area contributed by atoms with Gasteiger partial charge in [0.2, 0.25) is 11.8 Å². The molecule has 4 aliphatic heterocycles. The number of para-hydroxylation sites is 1. The van der Waals surface area contributed by atoms with Crippen LogP contribution in [0, 0.1) is 0 Å². The maximum absolute atomic E-state index is 13.3. The maximum Gasteiger partial charge on any atom is 0.266 e. The van der Waals surface area contributed by atoms with E-state index in [1.54, 1.807) is 35.0 Å². The van der Waals surface area contributed by atoms with E-state index >= 15 is 0 Å². The van der Waals surface area contributed by atoms with Crippen LogP contribution in [0.5, 0.6) is 11.5 Å². The number of amides is 4. The van der Waals surface area contributed by atoms with Crippen LogP contribution in [-0.2, 0) is 22.6 Å². The molecule has 1 unspecified atom stereocenters. The molecule has 4 aliphatic rings. The topological polar surface area (TPSA) is 180 Å². The van der Waals surface area contributed by atoms with Crippen LogP contribution in [0.2, 0.25) is 0 Å². The quantitative estimate of drug-likeness (QED) is 0.132. The van der Waals surface area contributed by atoms with Gasteiger partial charge in [-0.2, -0.15) is 0 Å². The molecule has 0 aliphatic carbocycles. The second-order valence-electron chi connectivity index (χ2n) is 13.2. The molecular weight excluding hydrogens is 668 g/mol. The first kappa shape index (κ1) is 32.8. The number of aromatic hydroxyl groups is 1. The first-order valence-electron chi connectivity index (χ1n) is 17.1. The Bertz CT molecular complexity index is 2150. The number of hydrogen-bond donors (Lipinski definition) is 2. The molecule has 52 heavy (non-hydrogen) atoms. The molecule has 0 radical (unpaired) electrons. The number of rotatable bonds is 11. The second-order valence-corrected chi connectivity index (χ2v) is 13.2. The highest BCUT2D eigenvalue weighted by atomic mass is 16.5. The van der Waals surface area contributed by atoms with Crippen molar-refractivity contribution in [3.63, 3.8) is 0 Å². The van der Waals surface area contributed by atoms with Gasteiger partial charge in [0.1, 0.15) is 23.4 Å². The average Bonchev–Trinajstić information content (AvgIpc) is 3.92. The number of aromatic nitrogens is 4. The van der Waals surface area contributed by atoms with Crippen LogP contribution in [0.1, 0.15) is 61.7 Å². The number of pyridine rings is 1. The molecule has 2 bridgehead atoms. The number of piperidine rings is 1. The zero-order valence-electron chi connectivity index (χ0n) is 27.9. The average molecular weight is 703 g/mol. The summed E-state index contributed by atoms with van der Waals surface area (Å²) in [5.74, 6) is -1.46. The van der Waals surface area contributed by atoms with E-state index in [4.69, 9.17) is 9.72 Å². The van der Waals surface area contributed by atoms with Crippen molar-refractivity contribution in [3.05, 3.63) is 107 Å². The Labute approximate surface area is 297 Å². The summed E-state index contributed by atoms with van der Waals surface area (Å²) in [5, 5.41) is 20.7. The number of nitrogens with zero attached hydrogens (tertiary/aromatic N) is 7. The Balaban J connectivity index is 0.852. The van der Waals surface area contributed by atoms with E-state index in [9.17, 15) is 29.1 Å². The molecule has 15 heteroatoms. The predicted octanol–water partition coefficient (Wildman–Crippen LogP) is 2.11. The van der Waals surface area contributed by atoms with Crippen LogP contribution in [-0.4, -0.2) is 102 Å². The Kier molecular flexibility index (Phi) is 8.45. The first-order valence-corrected chi connectivity index (χ1v) is 17.1. The van der Waals surface area contributed by atoms with Crippen molar-refractivity contribution < 1.29 is 33.8 Å². The Morgan fingerprint density at radius 2 is 1.81 bits per heavy atom. The molecule has 4 aromatic rings. The number of likely N-dealkylation sites (tertiary alicyclic amines) is 1. The highest BCUT2D eigenvalue weighted by molar-refractivity contribution is 6.24. The van der Waals surface area contributed by atoms with Gasteiger partial charge in [0, 0.05) is 56.5 Å². The van der Waals surface area contributed by atoms with Gasteiger partial charge >= 0.3 is 0 Å². The van der Waals surface area contributed by atoms with Gasteiger partial charge in [0.05, 0.1) is 41.2 Å². The molecular formula is C37H34N8O7. The summed E-state index contributed by atoms with van der Waals surface area (Å²) in [5.41, 5.74) is 2.03. The lowest BCUT2D eigenvalue weighted by atomic mass is 10.0. The van der Waals surface area contributed by atoms with Crippen LogP contribution >= 0.6 is 0 Å². The number of nitrogens with one attached hydrogen (secondary N) is 1. The summed E-state index contributed by atoms with van der Waals surface area (Å²) in [6.07, 6.45) is 6.63. The monoisotopic (exact) mass is 702 g/mol. The van der Waals surface area contributed by atoms with E-state index in [1.807, 2.05) is 30.6 Å². The first-order chi connectivity index (χ1) is 25.2. The molecule has 2 aromatic carbocycles. The second kappa shape index (κ2) is 13.4. The molecule has 2 N–H and O–H groups in total. The van der Waals surface area contributed by atoms with Crippen LogP contribution in [0.3, 0.4) is 0 Å². The SMILES string of the molecule is O=C1CCC(N2C(=O)c3cccc(OCCc4cn(Cc5cccc(N6C[C@H]7C[C@@H]6CN7/C=C/C(=O)c6ccccc6O)n5)nn4)c3C2=O)C(=O)N1. The van der Waals surface area contributed by atoms with Crippen molar-refractivity contribution >= 4 is 35.2 Å². The molecule has 0 spiro atoms. The number of fused-ring (bicyclic) bond motifs is 3. The number of ether oxygens (including phenoxy) is 1. The molecule has 8 rings (SSSR count). The number of anilines is 1. The maximum atomic E-state index is 13.3. The van der Waals surface area contributed by atoms with E-state index in [2.05, 4.69) is 25.4 Å². The van der Waals surface area contributed by atoms with Crippen LogP contribution in [0.25, 0.3) is 0 Å². The lowest BCUT2D eigenvalue weighted by Crippen LogP contribution is -2.54. The number of imide groups is 2. The Morgan fingerprint density at radius 3 is 2.62 bits per heavy atom. The third-order valence-corrected chi connectivity index (χ3v) is 9.91. The molecule has 4 amide bonds. The number of ketones is 1. The number of benzene rings is 2. The van der Waals surface area contributed by atoms with Crippen LogP contribution in [0.4, 0.5) is 5.82 Å². The number of carbonyl (C=O) groups is 5. The molecule has 2 aromatic heterocycles. The van der Waals surface area contributed by atoms with Crippen molar-refractivity contribution in [2.75, 3.05) is 24.6 Å². The van der Waals surface area contributed by atoms with Crippen molar-refractivity contribution in [2.45, 2.75) is 50.4 Å². The molecule has 3 fully saturated rings. The van der Waals surface area contributed by atoms with E-state index in [-0.39, 0.29) is 65.5 Å². The summed E-state index contributed by atoms with van der Waals surface area (Å²) in [4.78, 5) is 73.3. The van der Waals surface area contributed by atoms with Gasteiger partial charge in [-0.05, 0) is 49.2 Å². The highest BCUT2D eigenvalue weighted by Gasteiger charge is 2.46. The molecule has 0 saturated carbocycles. The van der Waals surface area contributed by atoms with Crippen molar-refractivity contribution in [2.24, 2.45) is 0 Å². The fraction of sp³-hybridized carbons (Fsp3) is 0.297. The molecule has 3 saturated heterocycles. The smallest absolute Gasteiger partial charge is 0.266 e. The number of carbonyl (C=O) groups excluding carboxylic acids is 5. The molecule has 264 valence electrons. The fourth-order valence-electron chi connectivity index (χ4n) is 7.38. The van der Waals surface area contributed by atoms with Crippen molar-refractivity contribution in [3.8, 4) is 11.5 Å². The Morgan fingerprint density at radius 1 is 0.962 bits per heavy atom. The lowest BCUT2D eigenvalue weighted by Gasteiger charge is -2.34. The van der Waals surface area contributed by atoms with Gasteiger partial charge < -0.3 is 19.6 Å². The van der Waals surface area contributed by atoms with Crippen molar-refractivity contribution in [1.82, 2.24) is 35.1 Å². The van der Waals surface area contributed by atoms with E-state index in [0.29, 0.717) is 18.7 Å². The third-order valence-electron chi connectivity index (χ3n) is 9.91. The van der Waals surface area contributed by atoms with Gasteiger partial charge in [-0.15, -0.1) is 5.10 Å². The number of piperazine rings is 1. The minimum atomic E-state index is -1.05. The molecule has 3 atom stereocenters. The summed E-state index contributed by atoms with van der Waals surface area (Å²) >= 11 is 0. The molecule has 15 nitrogen and oxygen atoms in total. The van der Waals surface area contributed by atoms with Gasteiger partial charge in [-0.1, -0.05) is 29.5 Å². The highest BCUT2D eigenvalue weighted by Crippen LogP contribution is 2.35. The third kappa shape index (κ3) is 6.14. The normalized spacial score (nSPS) is 21.0. The minimum Gasteiger partial charge on any atom is -0.507 e. The predicted molar refractivity (Wildman–Crippen MR) is 183 cm³/mol. The zero-order chi connectivity index (χ0) is 35.9. The number of allylic oxidation sites excluding steroid dienone is 1. The van der Waals surface area contributed by atoms with Crippen LogP contribution < -0.4 is 15.0 Å². The lowest BCUT2D eigenvalue weighted by molar-refractivity contribution is -0.136. The largest absolute Gasteiger partial charge is 0.507 e. The Hall–Kier alpha value is -6.38. The van der Waals surface area contributed by atoms with Gasteiger partial charge in [-0.3, -0.25) is 34.2 Å². The van der Waals surface area contributed by atoms with E-state index in [1.165, 1.54) is 18.2 Å². The number of phenolic OH excluding ortho intramolecular Hbond substituents is 1. The van der Waals surface area contributed by atoms with Gasteiger partial charge in [-0.25, -0.2) is 9.67 Å². The van der Waals surface area contributed by atoms with Crippen molar-refractivity contribution in [1.29, 1.82) is 0 Å². The fourth-order valence-corrected chi connectivity index (χ4v) is 7.38. The van der Waals surface area contributed by atoms with Gasteiger partial charge in [0.25, 0.3) is 11.8 Å². The number of hydrogen-bond acceptors (Lipinski definition) is 12. The standard InChI is InChI=1S/C37H34N8O7/c46-29-8-2-1-6-26(29)30(47)13-15-42-20-25-17-24(42)21-44(25)32-10-3-5-22(38-32)18-43-19-23(40-41-43)14-16-52-31-9-4-7-27-34(31)37(51)45(36(27)50)28-11-12-33(48)39-35(28)49/h1-10,13,15,19,24-25,28,46H,11-12,14,16-18,20-21H2,(H,39,48,49)/b15-13+/t24-,25-,28?/m1/s1. The van der Waals surface area contributed by atoms with E-state index < -0.39 is 29.7 Å². The minimum absolute atomic E-state index is 0.0274. The zero-order valence-corrected chi connectivity index (χ0v) is 27.9. The van der Waals surface area contributed by atoms with Crippen LogP contribution in [0.15, 0.2) is 79.1 Å². The van der Waals surface area contributed by atoms with E-state index in [0.717, 1.165) is 35.9 Å². The summed E-state index contributed by atoms with van der Waals surface area (Å²) in [6, 6.07) is 16.6. The molecule has 6 heterocycles. The summed E-state index contributed by atoms with van der Waals surface area (Å²) < 4.78 is 7.65. The van der Waals surface area contributed by atoms with Gasteiger partial charge in [0.15, 0.2) is 5.78 Å². The summed E-state index contributed by atoms with van der Waals surface area (Å²) in [6.45, 7) is 2.12. The summed E-state index contributed by atoms with van der Waals surface area (Å²) in [7, 11) is 0.